The number of nitrogens with zero attached hydrogens (tertiary/aromatic N) is 3. The zero-order valence-electron chi connectivity index (χ0n) is 16.4. The minimum Gasteiger partial charge on any atom is -0.466 e. The molecule has 0 aromatic carbocycles. The molecule has 3 heterocycles. The average Bonchev–Trinajstić information content (AvgIpc) is 3.41. The first-order chi connectivity index (χ1) is 13.4. The molecule has 5 rings (SSSR count). The van der Waals surface area contributed by atoms with E-state index in [0.717, 1.165) is 35.1 Å². The Labute approximate surface area is 162 Å². The average molecular weight is 380 g/mol. The van der Waals surface area contributed by atoms with E-state index in [9.17, 15) is 9.59 Å². The normalized spacial score (nSPS) is 23.6. The molecule has 2 aliphatic rings. The molecule has 28 heavy (non-hydrogen) atoms. The topological polar surface area (TPSA) is 81.5 Å². The van der Waals surface area contributed by atoms with E-state index in [2.05, 4.69) is 10.3 Å². The van der Waals surface area contributed by atoms with Crippen molar-refractivity contribution in [2.75, 3.05) is 0 Å². The number of carbonyl (C=O) groups is 1. The predicted octanol–water partition coefficient (Wildman–Crippen LogP) is 2.83. The lowest BCUT2D eigenvalue weighted by Gasteiger charge is -2.22. The third-order valence-corrected chi connectivity index (χ3v) is 6.46. The fraction of sp³-hybridized carbons (Fsp3) is 0.476. The van der Waals surface area contributed by atoms with E-state index < -0.39 is 0 Å². The van der Waals surface area contributed by atoms with Crippen LogP contribution in [-0.4, -0.2) is 25.9 Å². The number of hydrogen-bond acceptors (Lipinski definition) is 4. The van der Waals surface area contributed by atoms with Gasteiger partial charge in [0, 0.05) is 31.0 Å². The molecular weight excluding hydrogens is 356 g/mol. The molecule has 2 aliphatic carbocycles. The summed E-state index contributed by atoms with van der Waals surface area (Å²) >= 11 is 0. The zero-order valence-corrected chi connectivity index (χ0v) is 16.4. The third-order valence-electron chi connectivity index (χ3n) is 6.46. The molecule has 0 unspecified atom stereocenters. The summed E-state index contributed by atoms with van der Waals surface area (Å²) in [7, 11) is 1.71. The first kappa shape index (κ1) is 17.3. The second-order valence-electron chi connectivity index (χ2n) is 8.32. The van der Waals surface area contributed by atoms with E-state index in [4.69, 9.17) is 4.42 Å². The monoisotopic (exact) mass is 380 g/mol. The molecule has 7 nitrogen and oxygen atoms in total. The Morgan fingerprint density at radius 1 is 1.25 bits per heavy atom. The van der Waals surface area contributed by atoms with E-state index in [1.165, 1.54) is 19.3 Å². The molecule has 3 aromatic heterocycles. The van der Waals surface area contributed by atoms with Gasteiger partial charge in [0.05, 0.1) is 5.69 Å². The van der Waals surface area contributed by atoms with Gasteiger partial charge < -0.3 is 14.3 Å². The lowest BCUT2D eigenvalue weighted by molar-refractivity contribution is 0.0918. The Bertz CT molecular complexity index is 1150. The molecule has 2 bridgehead atoms. The van der Waals surface area contributed by atoms with Crippen molar-refractivity contribution in [3.8, 4) is 11.3 Å². The van der Waals surface area contributed by atoms with Gasteiger partial charge in [-0.05, 0) is 51.0 Å². The van der Waals surface area contributed by atoms with Crippen LogP contribution in [0.2, 0.25) is 0 Å². The predicted molar refractivity (Wildman–Crippen MR) is 104 cm³/mol. The Hall–Kier alpha value is -2.83. The summed E-state index contributed by atoms with van der Waals surface area (Å²) in [6.45, 7) is 3.75. The molecule has 0 radical (unpaired) electrons. The smallest absolute Gasteiger partial charge is 0.294 e. The maximum Gasteiger partial charge on any atom is 0.294 e. The first-order valence-corrected chi connectivity index (χ1v) is 9.87. The Kier molecular flexibility index (Phi) is 3.76. The highest BCUT2D eigenvalue weighted by Crippen LogP contribution is 2.44. The van der Waals surface area contributed by atoms with Gasteiger partial charge in [0.2, 0.25) is 5.65 Å². The minimum atomic E-state index is -0.241. The highest BCUT2D eigenvalue weighted by molar-refractivity contribution is 5.93. The largest absolute Gasteiger partial charge is 0.466 e. The Balaban J connectivity index is 1.50. The van der Waals surface area contributed by atoms with Gasteiger partial charge >= 0.3 is 0 Å². The third kappa shape index (κ3) is 2.60. The summed E-state index contributed by atoms with van der Waals surface area (Å²) in [5.41, 5.74) is 1.89. The molecule has 7 heteroatoms. The van der Waals surface area contributed by atoms with Gasteiger partial charge in [-0.2, -0.15) is 0 Å². The van der Waals surface area contributed by atoms with Crippen LogP contribution >= 0.6 is 0 Å². The Morgan fingerprint density at radius 2 is 2.07 bits per heavy atom. The number of furan rings is 1. The van der Waals surface area contributed by atoms with E-state index in [0.29, 0.717) is 5.92 Å². The number of carbonyl (C=O) groups excluding carboxylic acids is 1. The first-order valence-electron chi connectivity index (χ1n) is 9.87. The summed E-state index contributed by atoms with van der Waals surface area (Å²) in [4.78, 5) is 29.9. The van der Waals surface area contributed by atoms with Crippen molar-refractivity contribution in [1.82, 2.24) is 19.3 Å². The van der Waals surface area contributed by atoms with Crippen molar-refractivity contribution in [2.45, 2.75) is 45.6 Å². The summed E-state index contributed by atoms with van der Waals surface area (Å²) < 4.78 is 8.81. The van der Waals surface area contributed by atoms with Crippen molar-refractivity contribution in [2.24, 2.45) is 18.9 Å². The summed E-state index contributed by atoms with van der Waals surface area (Å²) in [6, 6.07) is 2.15. The van der Waals surface area contributed by atoms with Gasteiger partial charge in [-0.1, -0.05) is 6.42 Å². The van der Waals surface area contributed by atoms with Crippen LogP contribution in [-0.2, 0) is 7.05 Å². The molecule has 0 aliphatic heterocycles. The molecule has 3 atom stereocenters. The van der Waals surface area contributed by atoms with Gasteiger partial charge in [0.25, 0.3) is 11.5 Å². The highest BCUT2D eigenvalue weighted by atomic mass is 16.3. The fourth-order valence-electron chi connectivity index (χ4n) is 5.04. The van der Waals surface area contributed by atoms with Crippen LogP contribution in [0.4, 0.5) is 0 Å². The van der Waals surface area contributed by atoms with Gasteiger partial charge in [-0.3, -0.25) is 14.0 Å². The van der Waals surface area contributed by atoms with E-state index >= 15 is 0 Å². The van der Waals surface area contributed by atoms with Crippen LogP contribution in [0.25, 0.3) is 16.9 Å². The van der Waals surface area contributed by atoms with Crippen molar-refractivity contribution >= 4 is 11.6 Å². The molecule has 0 saturated heterocycles. The number of aromatic nitrogens is 3. The number of rotatable bonds is 3. The maximum atomic E-state index is 12.8. The lowest BCUT2D eigenvalue weighted by atomic mass is 9.95. The van der Waals surface area contributed by atoms with Gasteiger partial charge in [0.15, 0.2) is 0 Å². The van der Waals surface area contributed by atoms with Crippen molar-refractivity contribution in [3.63, 3.8) is 0 Å². The molecule has 0 spiro atoms. The van der Waals surface area contributed by atoms with Crippen LogP contribution < -0.4 is 10.9 Å². The second kappa shape index (κ2) is 6.09. The number of aryl methyl sites for hydroxylation is 2. The SMILES string of the molecule is Cc1cc(-c2cn3cc(C(=O)N[C@@H]4C[C@@H]5CC[C@H]4C5)nc3c(=O)n2C)c(C)o1. The van der Waals surface area contributed by atoms with Crippen LogP contribution in [0, 0.1) is 25.7 Å². The number of nitrogens with one attached hydrogen (secondary N) is 1. The number of hydrogen-bond donors (Lipinski definition) is 1. The zero-order chi connectivity index (χ0) is 19.6. The molecule has 2 saturated carbocycles. The molecule has 1 amide bonds. The van der Waals surface area contributed by atoms with E-state index in [-0.39, 0.29) is 28.8 Å². The molecule has 3 aromatic rings. The van der Waals surface area contributed by atoms with E-state index in [1.54, 1.807) is 22.2 Å². The summed E-state index contributed by atoms with van der Waals surface area (Å²) in [5, 5.41) is 3.14. The van der Waals surface area contributed by atoms with Gasteiger partial charge in [0.1, 0.15) is 17.2 Å². The number of imidazole rings is 1. The molecule has 1 N–H and O–H groups in total. The van der Waals surface area contributed by atoms with Crippen LogP contribution in [0.5, 0.6) is 0 Å². The fourth-order valence-corrected chi connectivity index (χ4v) is 5.04. The number of amides is 1. The quantitative estimate of drug-likeness (QED) is 0.758. The van der Waals surface area contributed by atoms with Crippen LogP contribution in [0.3, 0.4) is 0 Å². The molecule has 2 fully saturated rings. The number of fused-ring (bicyclic) bond motifs is 3. The minimum absolute atomic E-state index is 0.194. The van der Waals surface area contributed by atoms with Gasteiger partial charge in [-0.15, -0.1) is 0 Å². The lowest BCUT2D eigenvalue weighted by Crippen LogP contribution is -2.38. The summed E-state index contributed by atoms with van der Waals surface area (Å²) in [6.07, 6.45) is 8.25. The summed E-state index contributed by atoms with van der Waals surface area (Å²) in [5.74, 6) is 2.70. The highest BCUT2D eigenvalue weighted by Gasteiger charge is 2.40. The standard InChI is InChI=1S/C21H24N4O3/c1-11-6-15(12(2)28-11)18-10-25-9-17(22-19(25)21(27)24(18)3)20(26)23-16-8-13-4-5-14(16)7-13/h6,9-10,13-14,16H,4-5,7-8H2,1-3H3,(H,23,26)/t13-,14+,16-/m1/s1. The van der Waals surface area contributed by atoms with E-state index in [1.807, 2.05) is 26.1 Å². The molecule has 146 valence electrons. The van der Waals surface area contributed by atoms with Crippen molar-refractivity contribution in [3.05, 3.63) is 46.0 Å². The van der Waals surface area contributed by atoms with Crippen molar-refractivity contribution < 1.29 is 9.21 Å². The second-order valence-corrected chi connectivity index (χ2v) is 8.32. The van der Waals surface area contributed by atoms with Gasteiger partial charge in [-0.25, -0.2) is 4.98 Å². The Morgan fingerprint density at radius 3 is 2.71 bits per heavy atom. The maximum absolute atomic E-state index is 12.8. The van der Waals surface area contributed by atoms with Crippen LogP contribution in [0.15, 0.2) is 27.7 Å². The van der Waals surface area contributed by atoms with Crippen LogP contribution in [0.1, 0.15) is 47.7 Å². The van der Waals surface area contributed by atoms with Crippen molar-refractivity contribution in [1.29, 1.82) is 0 Å². The molecular formula is C21H24N4O3.